The molecule has 1 aromatic carbocycles. The molecule has 0 saturated carbocycles. The van der Waals surface area contributed by atoms with Crippen LogP contribution in [0.25, 0.3) is 11.3 Å². The van der Waals surface area contributed by atoms with Crippen LogP contribution >= 0.6 is 0 Å². The zero-order chi connectivity index (χ0) is 19.5. The van der Waals surface area contributed by atoms with Gasteiger partial charge in [0, 0.05) is 31.1 Å². The lowest BCUT2D eigenvalue weighted by molar-refractivity contribution is -0.121. The number of rotatable bonds is 6. The normalized spacial score (nSPS) is 11.0. The SMILES string of the molecule is Cc1nn(CC(=O)NCCc2cnc3ccccn23)c(=O)n1-c1ccccc1. The first-order valence-corrected chi connectivity index (χ1v) is 9.03. The first-order valence-electron chi connectivity index (χ1n) is 9.03. The van der Waals surface area contributed by atoms with Gasteiger partial charge in [0.1, 0.15) is 18.0 Å². The number of carbonyl (C=O) groups excluding carboxylic acids is 1. The van der Waals surface area contributed by atoms with Gasteiger partial charge in [-0.25, -0.2) is 19.0 Å². The maximum absolute atomic E-state index is 12.6. The third kappa shape index (κ3) is 3.44. The molecule has 0 aliphatic rings. The Morgan fingerprint density at radius 2 is 1.89 bits per heavy atom. The minimum Gasteiger partial charge on any atom is -0.354 e. The minimum atomic E-state index is -0.333. The molecule has 4 rings (SSSR count). The molecule has 0 bridgehead atoms. The molecule has 3 heterocycles. The van der Waals surface area contributed by atoms with Crippen LogP contribution in [-0.2, 0) is 17.8 Å². The molecular formula is C20H20N6O2. The van der Waals surface area contributed by atoms with Gasteiger partial charge in [-0.3, -0.25) is 4.79 Å². The molecule has 3 aromatic heterocycles. The Labute approximate surface area is 161 Å². The number of nitrogens with one attached hydrogen (secondary N) is 1. The van der Waals surface area contributed by atoms with E-state index in [0.717, 1.165) is 17.0 Å². The van der Waals surface area contributed by atoms with Crippen molar-refractivity contribution in [3.63, 3.8) is 0 Å². The number of fused-ring (bicyclic) bond motifs is 1. The summed E-state index contributed by atoms with van der Waals surface area (Å²) in [5, 5.41) is 7.06. The fourth-order valence-corrected chi connectivity index (χ4v) is 3.19. The van der Waals surface area contributed by atoms with Crippen molar-refractivity contribution in [1.29, 1.82) is 0 Å². The van der Waals surface area contributed by atoms with E-state index in [9.17, 15) is 9.59 Å². The van der Waals surface area contributed by atoms with E-state index in [1.165, 1.54) is 9.25 Å². The van der Waals surface area contributed by atoms with Crippen LogP contribution in [0.4, 0.5) is 0 Å². The van der Waals surface area contributed by atoms with Crippen molar-refractivity contribution in [2.24, 2.45) is 0 Å². The van der Waals surface area contributed by atoms with E-state index >= 15 is 0 Å². The van der Waals surface area contributed by atoms with Crippen LogP contribution in [0, 0.1) is 6.92 Å². The van der Waals surface area contributed by atoms with Gasteiger partial charge in [0.25, 0.3) is 0 Å². The lowest BCUT2D eigenvalue weighted by Gasteiger charge is -2.05. The molecule has 8 nitrogen and oxygen atoms in total. The number of amides is 1. The van der Waals surface area contributed by atoms with Crippen LogP contribution in [0.3, 0.4) is 0 Å². The zero-order valence-electron chi connectivity index (χ0n) is 15.4. The van der Waals surface area contributed by atoms with E-state index in [4.69, 9.17) is 0 Å². The van der Waals surface area contributed by atoms with Crippen LogP contribution in [0.2, 0.25) is 0 Å². The van der Waals surface area contributed by atoms with Crippen molar-refractivity contribution in [3.05, 3.63) is 82.9 Å². The number of nitrogens with zero attached hydrogens (tertiary/aromatic N) is 5. The number of hydrogen-bond donors (Lipinski definition) is 1. The second-order valence-corrected chi connectivity index (χ2v) is 6.44. The van der Waals surface area contributed by atoms with E-state index < -0.39 is 0 Å². The van der Waals surface area contributed by atoms with Gasteiger partial charge in [-0.2, -0.15) is 5.10 Å². The number of aromatic nitrogens is 5. The average molecular weight is 376 g/mol. The number of imidazole rings is 1. The van der Waals surface area contributed by atoms with Crippen molar-refractivity contribution in [1.82, 2.24) is 29.0 Å². The molecule has 0 radical (unpaired) electrons. The Hall–Kier alpha value is -3.68. The highest BCUT2D eigenvalue weighted by atomic mass is 16.2. The summed E-state index contributed by atoms with van der Waals surface area (Å²) in [6.07, 6.45) is 4.39. The number of aryl methyl sites for hydroxylation is 1. The predicted molar refractivity (Wildman–Crippen MR) is 104 cm³/mol. The number of pyridine rings is 1. The van der Waals surface area contributed by atoms with E-state index in [2.05, 4.69) is 15.4 Å². The van der Waals surface area contributed by atoms with Gasteiger partial charge in [-0.15, -0.1) is 0 Å². The Morgan fingerprint density at radius 1 is 1.11 bits per heavy atom. The van der Waals surface area contributed by atoms with Gasteiger partial charge in [0.2, 0.25) is 5.91 Å². The number of benzene rings is 1. The largest absolute Gasteiger partial charge is 0.354 e. The summed E-state index contributed by atoms with van der Waals surface area (Å²) in [5.41, 5.74) is 2.28. The first-order chi connectivity index (χ1) is 13.6. The van der Waals surface area contributed by atoms with Crippen LogP contribution in [0.1, 0.15) is 11.5 Å². The maximum Gasteiger partial charge on any atom is 0.351 e. The molecule has 1 N–H and O–H groups in total. The average Bonchev–Trinajstić information content (AvgIpc) is 3.23. The molecule has 0 aliphatic carbocycles. The fourth-order valence-electron chi connectivity index (χ4n) is 3.19. The summed E-state index contributed by atoms with van der Waals surface area (Å²) < 4.78 is 4.67. The molecule has 0 unspecified atom stereocenters. The molecule has 0 aliphatic heterocycles. The lowest BCUT2D eigenvalue weighted by Crippen LogP contribution is -2.34. The Bertz CT molecular complexity index is 1170. The molecule has 0 fully saturated rings. The highest BCUT2D eigenvalue weighted by Crippen LogP contribution is 2.07. The monoisotopic (exact) mass is 376 g/mol. The Morgan fingerprint density at radius 3 is 2.71 bits per heavy atom. The highest BCUT2D eigenvalue weighted by Gasteiger charge is 2.14. The van der Waals surface area contributed by atoms with Gasteiger partial charge >= 0.3 is 5.69 Å². The molecule has 0 atom stereocenters. The van der Waals surface area contributed by atoms with Crippen molar-refractivity contribution in [2.45, 2.75) is 19.9 Å². The quantitative estimate of drug-likeness (QED) is 0.550. The van der Waals surface area contributed by atoms with Gasteiger partial charge in [-0.1, -0.05) is 24.3 Å². The third-order valence-electron chi connectivity index (χ3n) is 4.51. The Kier molecular flexibility index (Phi) is 4.76. The van der Waals surface area contributed by atoms with Gasteiger partial charge in [-0.05, 0) is 31.2 Å². The molecule has 28 heavy (non-hydrogen) atoms. The van der Waals surface area contributed by atoms with Gasteiger partial charge < -0.3 is 9.72 Å². The van der Waals surface area contributed by atoms with E-state index in [-0.39, 0.29) is 18.1 Å². The van der Waals surface area contributed by atoms with Crippen molar-refractivity contribution in [2.75, 3.05) is 6.54 Å². The predicted octanol–water partition coefficient (Wildman–Crippen LogP) is 1.35. The number of carbonyl (C=O) groups is 1. The van der Waals surface area contributed by atoms with Crippen LogP contribution < -0.4 is 11.0 Å². The molecule has 0 spiro atoms. The molecule has 1 amide bonds. The molecule has 142 valence electrons. The highest BCUT2D eigenvalue weighted by molar-refractivity contribution is 5.75. The summed E-state index contributed by atoms with van der Waals surface area (Å²) >= 11 is 0. The smallest absolute Gasteiger partial charge is 0.351 e. The topological polar surface area (TPSA) is 86.2 Å². The number of hydrogen-bond acceptors (Lipinski definition) is 4. The van der Waals surface area contributed by atoms with Gasteiger partial charge in [0.05, 0.1) is 5.69 Å². The van der Waals surface area contributed by atoms with E-state index in [1.54, 1.807) is 13.1 Å². The fraction of sp³-hybridized carbons (Fsp3) is 0.200. The van der Waals surface area contributed by atoms with Gasteiger partial charge in [0.15, 0.2) is 0 Å². The zero-order valence-corrected chi connectivity index (χ0v) is 15.4. The first kappa shape index (κ1) is 17.7. The summed E-state index contributed by atoms with van der Waals surface area (Å²) in [6.45, 7) is 2.08. The van der Waals surface area contributed by atoms with Crippen molar-refractivity contribution in [3.8, 4) is 5.69 Å². The van der Waals surface area contributed by atoms with Crippen molar-refractivity contribution >= 4 is 11.6 Å². The summed E-state index contributed by atoms with van der Waals surface area (Å²) in [4.78, 5) is 29.2. The standard InChI is InChI=1S/C20H20N6O2/c1-15-23-25(20(28)26(15)16-7-3-2-4-8-16)14-19(27)21-11-10-17-13-22-18-9-5-6-12-24(17)18/h2-9,12-13H,10-11,14H2,1H3,(H,21,27). The second kappa shape index (κ2) is 7.51. The van der Waals surface area contributed by atoms with Crippen LogP contribution in [0.15, 0.2) is 65.7 Å². The maximum atomic E-state index is 12.6. The summed E-state index contributed by atoms with van der Waals surface area (Å²) in [5.74, 6) is 0.281. The Balaban J connectivity index is 1.40. The van der Waals surface area contributed by atoms with Crippen LogP contribution in [0.5, 0.6) is 0 Å². The van der Waals surface area contributed by atoms with E-state index in [1.807, 2.05) is 59.1 Å². The number of para-hydroxylation sites is 1. The second-order valence-electron chi connectivity index (χ2n) is 6.44. The molecule has 8 heteroatoms. The molecule has 0 saturated heterocycles. The summed E-state index contributed by atoms with van der Waals surface area (Å²) in [7, 11) is 0. The van der Waals surface area contributed by atoms with Crippen molar-refractivity contribution < 1.29 is 4.79 Å². The lowest BCUT2D eigenvalue weighted by atomic mass is 10.3. The third-order valence-corrected chi connectivity index (χ3v) is 4.51. The van der Waals surface area contributed by atoms with E-state index in [0.29, 0.717) is 18.8 Å². The summed E-state index contributed by atoms with van der Waals surface area (Å²) in [6, 6.07) is 15.0. The van der Waals surface area contributed by atoms with Crippen LogP contribution in [-0.4, -0.2) is 36.2 Å². The molecular weight excluding hydrogens is 356 g/mol. The minimum absolute atomic E-state index is 0.118. The molecule has 4 aromatic rings.